The number of carbonyl (C=O) groups is 1. The van der Waals surface area contributed by atoms with Crippen molar-refractivity contribution in [2.45, 2.75) is 46.5 Å². The van der Waals surface area contributed by atoms with E-state index >= 15 is 0 Å². The van der Waals surface area contributed by atoms with Gasteiger partial charge in [0, 0.05) is 19.2 Å². The monoisotopic (exact) mass is 386 g/mol. The van der Waals surface area contributed by atoms with Crippen molar-refractivity contribution >= 4 is 6.09 Å². The fourth-order valence-corrected chi connectivity index (χ4v) is 4.01. The zero-order chi connectivity index (χ0) is 20.1. The Bertz CT molecular complexity index is 723. The van der Waals surface area contributed by atoms with Crippen LogP contribution in [0.4, 0.5) is 4.79 Å². The van der Waals surface area contributed by atoms with Crippen molar-refractivity contribution in [2.75, 3.05) is 26.3 Å². The summed E-state index contributed by atoms with van der Waals surface area (Å²) < 4.78 is 11.1. The molecule has 0 unspecified atom stereocenters. The minimum Gasteiger partial charge on any atom is -0.478 e. The van der Waals surface area contributed by atoms with Gasteiger partial charge in [-0.15, -0.1) is 0 Å². The number of hydrogen-bond acceptors (Lipinski definition) is 6. The molecule has 7 heteroatoms. The Balaban J connectivity index is 1.35. The normalized spacial score (nSPS) is 22.0. The van der Waals surface area contributed by atoms with Crippen molar-refractivity contribution in [2.24, 2.45) is 23.7 Å². The van der Waals surface area contributed by atoms with Gasteiger partial charge in [0.1, 0.15) is 17.6 Å². The van der Waals surface area contributed by atoms with E-state index in [1.165, 1.54) is 6.42 Å². The van der Waals surface area contributed by atoms with E-state index in [2.05, 4.69) is 9.97 Å². The molecule has 2 aliphatic rings. The molecule has 1 amide bonds. The van der Waals surface area contributed by atoms with E-state index in [0.29, 0.717) is 48.4 Å². The van der Waals surface area contributed by atoms with Gasteiger partial charge < -0.3 is 14.4 Å². The number of aromatic nitrogens is 2. The van der Waals surface area contributed by atoms with Crippen molar-refractivity contribution in [3.05, 3.63) is 17.6 Å². The number of hydrogen-bond donors (Lipinski definition) is 0. The molecule has 1 aromatic rings. The van der Waals surface area contributed by atoms with E-state index in [1.54, 1.807) is 13.0 Å². The summed E-state index contributed by atoms with van der Waals surface area (Å²) in [7, 11) is 0. The van der Waals surface area contributed by atoms with Gasteiger partial charge in [-0.1, -0.05) is 13.8 Å². The summed E-state index contributed by atoms with van der Waals surface area (Å²) in [6.45, 7) is 8.57. The first-order valence-corrected chi connectivity index (χ1v) is 10.3. The molecular weight excluding hydrogens is 356 g/mol. The summed E-state index contributed by atoms with van der Waals surface area (Å²) in [5.41, 5.74) is 0.338. The second-order valence-corrected chi connectivity index (χ2v) is 8.34. The second-order valence-electron chi connectivity index (χ2n) is 8.34. The number of carbonyl (C=O) groups excluding carboxylic acids is 1. The van der Waals surface area contributed by atoms with Crippen LogP contribution in [0.25, 0.3) is 0 Å². The molecule has 1 aliphatic heterocycles. The first kappa shape index (κ1) is 20.4. The third-order valence-corrected chi connectivity index (χ3v) is 5.59. The van der Waals surface area contributed by atoms with E-state index in [9.17, 15) is 4.79 Å². The third kappa shape index (κ3) is 5.57. The first-order chi connectivity index (χ1) is 13.5. The zero-order valence-corrected chi connectivity index (χ0v) is 17.1. The van der Waals surface area contributed by atoms with Gasteiger partial charge in [-0.05, 0) is 56.3 Å². The van der Waals surface area contributed by atoms with Crippen LogP contribution in [-0.2, 0) is 4.74 Å². The lowest BCUT2D eigenvalue weighted by Crippen LogP contribution is -2.39. The predicted octanol–water partition coefficient (Wildman–Crippen LogP) is 3.57. The van der Waals surface area contributed by atoms with Gasteiger partial charge in [-0.3, -0.25) is 0 Å². The number of aryl methyl sites for hydroxylation is 1. The SMILES string of the molecule is Cc1nc(C#N)cc(OCC[C@@H]2C[C@@H]2C2CCN(C(=O)OCC(C)C)CC2)n1. The van der Waals surface area contributed by atoms with Crippen LogP contribution in [0.2, 0.25) is 0 Å². The van der Waals surface area contributed by atoms with Crippen LogP contribution in [-0.4, -0.2) is 47.3 Å². The molecule has 0 radical (unpaired) electrons. The van der Waals surface area contributed by atoms with Crippen molar-refractivity contribution in [1.82, 2.24) is 14.9 Å². The number of nitriles is 1. The maximum absolute atomic E-state index is 12.1. The molecule has 28 heavy (non-hydrogen) atoms. The molecule has 152 valence electrons. The van der Waals surface area contributed by atoms with E-state index in [4.69, 9.17) is 14.7 Å². The minimum absolute atomic E-state index is 0.162. The molecule has 2 atom stereocenters. The highest BCUT2D eigenvalue weighted by Gasteiger charge is 2.43. The van der Waals surface area contributed by atoms with Gasteiger partial charge in [-0.2, -0.15) is 10.2 Å². The predicted molar refractivity (Wildman–Crippen MR) is 104 cm³/mol. The van der Waals surface area contributed by atoms with Crippen LogP contribution < -0.4 is 4.74 Å². The first-order valence-electron chi connectivity index (χ1n) is 10.3. The highest BCUT2D eigenvalue weighted by molar-refractivity contribution is 5.67. The van der Waals surface area contributed by atoms with Gasteiger partial charge in [0.2, 0.25) is 5.88 Å². The highest BCUT2D eigenvalue weighted by Crippen LogP contribution is 2.49. The van der Waals surface area contributed by atoms with Crippen LogP contribution in [0.15, 0.2) is 6.07 Å². The fourth-order valence-electron chi connectivity index (χ4n) is 4.01. The molecule has 1 aromatic heterocycles. The Kier molecular flexibility index (Phi) is 6.71. The summed E-state index contributed by atoms with van der Waals surface area (Å²) in [4.78, 5) is 22.2. The number of likely N-dealkylation sites (tertiary alicyclic amines) is 1. The Morgan fingerprint density at radius 2 is 2.11 bits per heavy atom. The van der Waals surface area contributed by atoms with E-state index in [-0.39, 0.29) is 6.09 Å². The van der Waals surface area contributed by atoms with Crippen LogP contribution in [0.1, 0.15) is 51.0 Å². The average Bonchev–Trinajstić information content (AvgIpc) is 3.45. The summed E-state index contributed by atoms with van der Waals surface area (Å²) in [6, 6.07) is 3.62. The van der Waals surface area contributed by atoms with Gasteiger partial charge in [0.05, 0.1) is 13.2 Å². The van der Waals surface area contributed by atoms with Crippen LogP contribution in [0.5, 0.6) is 5.88 Å². The highest BCUT2D eigenvalue weighted by atomic mass is 16.6. The topological polar surface area (TPSA) is 88.3 Å². The molecule has 0 aromatic carbocycles. The van der Waals surface area contributed by atoms with E-state index < -0.39 is 0 Å². The van der Waals surface area contributed by atoms with Gasteiger partial charge in [-0.25, -0.2) is 9.78 Å². The largest absolute Gasteiger partial charge is 0.478 e. The number of ether oxygens (including phenoxy) is 2. The molecule has 1 saturated carbocycles. The molecule has 3 rings (SSSR count). The van der Waals surface area contributed by atoms with E-state index in [0.717, 1.165) is 38.3 Å². The van der Waals surface area contributed by atoms with Crippen LogP contribution >= 0.6 is 0 Å². The summed E-state index contributed by atoms with van der Waals surface area (Å²) in [5.74, 6) is 3.55. The Hall–Kier alpha value is -2.36. The fraction of sp³-hybridized carbons (Fsp3) is 0.714. The van der Waals surface area contributed by atoms with Crippen molar-refractivity contribution in [1.29, 1.82) is 5.26 Å². The molecular formula is C21H30N4O3. The van der Waals surface area contributed by atoms with Gasteiger partial charge >= 0.3 is 6.09 Å². The van der Waals surface area contributed by atoms with Crippen molar-refractivity contribution in [3.8, 4) is 11.9 Å². The molecule has 2 heterocycles. The number of rotatable bonds is 7. The maximum Gasteiger partial charge on any atom is 0.409 e. The smallest absolute Gasteiger partial charge is 0.409 e. The lowest BCUT2D eigenvalue weighted by molar-refractivity contribution is 0.0765. The molecule has 2 fully saturated rings. The molecule has 1 saturated heterocycles. The standard InChI is InChI=1S/C21H30N4O3/c1-14(2)13-28-21(26)25-7-4-16(5-8-25)19-10-17(19)6-9-27-20-11-18(12-22)23-15(3)24-20/h11,14,16-17,19H,4-10,13H2,1-3H3/t17-,19-/m1/s1. The molecule has 0 spiro atoms. The van der Waals surface area contributed by atoms with Gasteiger partial charge in [0.15, 0.2) is 0 Å². The number of piperidine rings is 1. The molecule has 0 N–H and O–H groups in total. The summed E-state index contributed by atoms with van der Waals surface area (Å²) in [5, 5.41) is 8.97. The Labute approximate surface area is 167 Å². The minimum atomic E-state index is -0.162. The quantitative estimate of drug-likeness (QED) is 0.712. The molecule has 0 bridgehead atoms. The van der Waals surface area contributed by atoms with Crippen LogP contribution in [0, 0.1) is 41.9 Å². The second kappa shape index (κ2) is 9.22. The lowest BCUT2D eigenvalue weighted by Gasteiger charge is -2.31. The van der Waals surface area contributed by atoms with E-state index in [1.807, 2.05) is 24.8 Å². The lowest BCUT2D eigenvalue weighted by atomic mass is 9.91. The molecule has 7 nitrogen and oxygen atoms in total. The van der Waals surface area contributed by atoms with Crippen LogP contribution in [0.3, 0.4) is 0 Å². The zero-order valence-electron chi connectivity index (χ0n) is 17.1. The number of amides is 1. The Morgan fingerprint density at radius 1 is 1.36 bits per heavy atom. The number of nitrogens with zero attached hydrogens (tertiary/aromatic N) is 4. The summed E-state index contributed by atoms with van der Waals surface area (Å²) in [6.07, 6.45) is 4.22. The summed E-state index contributed by atoms with van der Waals surface area (Å²) >= 11 is 0. The maximum atomic E-state index is 12.1. The van der Waals surface area contributed by atoms with Crippen molar-refractivity contribution in [3.63, 3.8) is 0 Å². The third-order valence-electron chi connectivity index (χ3n) is 5.59. The van der Waals surface area contributed by atoms with Gasteiger partial charge in [0.25, 0.3) is 0 Å². The van der Waals surface area contributed by atoms with Crippen molar-refractivity contribution < 1.29 is 14.3 Å². The Morgan fingerprint density at radius 3 is 2.79 bits per heavy atom. The molecule has 1 aliphatic carbocycles. The average molecular weight is 386 g/mol.